The quantitative estimate of drug-likeness (QED) is 0.921. The zero-order valence-corrected chi connectivity index (χ0v) is 13.5. The molecule has 6 heteroatoms. The fourth-order valence-electron chi connectivity index (χ4n) is 2.82. The van der Waals surface area contributed by atoms with E-state index >= 15 is 0 Å². The zero-order chi connectivity index (χ0) is 16.3. The van der Waals surface area contributed by atoms with E-state index in [1.165, 1.54) is 0 Å². The Morgan fingerprint density at radius 1 is 1.55 bits per heavy atom. The summed E-state index contributed by atoms with van der Waals surface area (Å²) in [4.78, 5) is 22.6. The molecule has 1 aromatic heterocycles. The molecule has 1 aliphatic rings. The fraction of sp³-hybridized carbons (Fsp3) is 0.625. The molecule has 1 aliphatic heterocycles. The minimum atomic E-state index is -0.479. The fourth-order valence-corrected chi connectivity index (χ4v) is 2.82. The van der Waals surface area contributed by atoms with Crippen molar-refractivity contribution in [3.63, 3.8) is 0 Å². The molecule has 0 aliphatic carbocycles. The van der Waals surface area contributed by atoms with Crippen molar-refractivity contribution >= 4 is 11.9 Å². The van der Waals surface area contributed by atoms with Crippen molar-refractivity contribution in [2.24, 2.45) is 11.3 Å². The Morgan fingerprint density at radius 3 is 2.91 bits per heavy atom. The van der Waals surface area contributed by atoms with E-state index < -0.39 is 5.41 Å². The van der Waals surface area contributed by atoms with E-state index in [1.807, 2.05) is 6.92 Å². The molecule has 2 heterocycles. The SMILES string of the molecule is CC(C)Cc1cc(C(=O)N2CCC[C@@](C)(C#N)C2)nc(N)n1. The lowest BCUT2D eigenvalue weighted by Gasteiger charge is -2.35. The predicted octanol–water partition coefficient (Wildman–Crippen LogP) is 2.02. The Balaban J connectivity index is 2.22. The minimum Gasteiger partial charge on any atom is -0.368 e. The average molecular weight is 301 g/mol. The van der Waals surface area contributed by atoms with Crippen LogP contribution >= 0.6 is 0 Å². The number of hydrogen-bond acceptors (Lipinski definition) is 5. The van der Waals surface area contributed by atoms with E-state index in [1.54, 1.807) is 11.0 Å². The number of likely N-dealkylation sites (tertiary alicyclic amines) is 1. The second-order valence-electron chi connectivity index (χ2n) is 6.70. The highest BCUT2D eigenvalue weighted by atomic mass is 16.2. The minimum absolute atomic E-state index is 0.126. The molecule has 1 amide bonds. The number of nitrogens with two attached hydrogens (primary N) is 1. The number of rotatable bonds is 3. The highest BCUT2D eigenvalue weighted by Gasteiger charge is 2.34. The van der Waals surface area contributed by atoms with Gasteiger partial charge in [0.15, 0.2) is 0 Å². The summed E-state index contributed by atoms with van der Waals surface area (Å²) < 4.78 is 0. The highest BCUT2D eigenvalue weighted by molar-refractivity contribution is 5.92. The number of carbonyl (C=O) groups excluding carboxylic acids is 1. The number of anilines is 1. The van der Waals surface area contributed by atoms with Gasteiger partial charge in [-0.05, 0) is 38.2 Å². The van der Waals surface area contributed by atoms with Gasteiger partial charge < -0.3 is 10.6 Å². The third kappa shape index (κ3) is 3.73. The third-order valence-corrected chi connectivity index (χ3v) is 3.89. The van der Waals surface area contributed by atoms with Gasteiger partial charge in [-0.25, -0.2) is 9.97 Å². The van der Waals surface area contributed by atoms with E-state index in [9.17, 15) is 10.1 Å². The van der Waals surface area contributed by atoms with Crippen LogP contribution in [-0.4, -0.2) is 33.9 Å². The summed E-state index contributed by atoms with van der Waals surface area (Å²) in [7, 11) is 0. The van der Waals surface area contributed by atoms with Crippen molar-refractivity contribution in [2.45, 2.75) is 40.0 Å². The highest BCUT2D eigenvalue weighted by Crippen LogP contribution is 2.29. The maximum Gasteiger partial charge on any atom is 0.272 e. The smallest absolute Gasteiger partial charge is 0.272 e. The van der Waals surface area contributed by atoms with E-state index in [4.69, 9.17) is 5.73 Å². The number of piperidine rings is 1. The summed E-state index contributed by atoms with van der Waals surface area (Å²) in [5, 5.41) is 9.27. The first-order valence-corrected chi connectivity index (χ1v) is 7.67. The first-order valence-electron chi connectivity index (χ1n) is 7.67. The topological polar surface area (TPSA) is 95.9 Å². The molecule has 2 N–H and O–H groups in total. The molecule has 0 unspecified atom stereocenters. The van der Waals surface area contributed by atoms with Crippen molar-refractivity contribution in [3.8, 4) is 6.07 Å². The number of carbonyl (C=O) groups is 1. The lowest BCUT2D eigenvalue weighted by atomic mass is 9.83. The third-order valence-electron chi connectivity index (χ3n) is 3.89. The molecule has 6 nitrogen and oxygen atoms in total. The van der Waals surface area contributed by atoms with Gasteiger partial charge in [-0.2, -0.15) is 5.26 Å². The number of nitrogens with zero attached hydrogens (tertiary/aromatic N) is 4. The molecule has 1 atom stereocenters. The molecule has 0 aromatic carbocycles. The van der Waals surface area contributed by atoms with Crippen molar-refractivity contribution in [1.82, 2.24) is 14.9 Å². The van der Waals surface area contributed by atoms with Gasteiger partial charge in [-0.3, -0.25) is 4.79 Å². The zero-order valence-electron chi connectivity index (χ0n) is 13.5. The van der Waals surface area contributed by atoms with Crippen LogP contribution in [0.25, 0.3) is 0 Å². The monoisotopic (exact) mass is 301 g/mol. The molecule has 22 heavy (non-hydrogen) atoms. The average Bonchev–Trinajstić information content (AvgIpc) is 2.45. The number of aromatic nitrogens is 2. The summed E-state index contributed by atoms with van der Waals surface area (Å²) >= 11 is 0. The first-order chi connectivity index (χ1) is 10.3. The van der Waals surface area contributed by atoms with Crippen molar-refractivity contribution in [1.29, 1.82) is 5.26 Å². The van der Waals surface area contributed by atoms with Gasteiger partial charge in [-0.15, -0.1) is 0 Å². The van der Waals surface area contributed by atoms with Gasteiger partial charge in [0, 0.05) is 18.8 Å². The first kappa shape index (κ1) is 16.2. The summed E-state index contributed by atoms with van der Waals surface area (Å²) in [6.07, 6.45) is 2.40. The Kier molecular flexibility index (Phi) is 4.65. The van der Waals surface area contributed by atoms with Gasteiger partial charge in [-0.1, -0.05) is 13.8 Å². The van der Waals surface area contributed by atoms with E-state index in [2.05, 4.69) is 29.9 Å². The Morgan fingerprint density at radius 2 is 2.27 bits per heavy atom. The molecule has 0 radical (unpaired) electrons. The van der Waals surface area contributed by atoms with Gasteiger partial charge in [0.1, 0.15) is 5.69 Å². The summed E-state index contributed by atoms with van der Waals surface area (Å²) in [5.41, 5.74) is 6.37. The number of amides is 1. The van der Waals surface area contributed by atoms with Crippen LogP contribution < -0.4 is 5.73 Å². The Bertz CT molecular complexity index is 607. The van der Waals surface area contributed by atoms with Gasteiger partial charge in [0.25, 0.3) is 5.91 Å². The number of nitriles is 1. The van der Waals surface area contributed by atoms with Gasteiger partial charge in [0.2, 0.25) is 5.95 Å². The van der Waals surface area contributed by atoms with Gasteiger partial charge >= 0.3 is 0 Å². The second kappa shape index (κ2) is 6.30. The molecule has 2 rings (SSSR count). The molecular formula is C16H23N5O. The van der Waals surface area contributed by atoms with E-state index in [0.29, 0.717) is 24.7 Å². The molecule has 0 saturated carbocycles. The van der Waals surface area contributed by atoms with Crippen molar-refractivity contribution in [2.75, 3.05) is 18.8 Å². The second-order valence-corrected chi connectivity index (χ2v) is 6.70. The van der Waals surface area contributed by atoms with Crippen LogP contribution in [0.4, 0.5) is 5.95 Å². The maximum absolute atomic E-state index is 12.7. The lowest BCUT2D eigenvalue weighted by Crippen LogP contribution is -2.44. The van der Waals surface area contributed by atoms with Crippen molar-refractivity contribution in [3.05, 3.63) is 17.5 Å². The van der Waals surface area contributed by atoms with Gasteiger partial charge in [0.05, 0.1) is 11.5 Å². The number of hydrogen-bond donors (Lipinski definition) is 1. The molecule has 118 valence electrons. The number of nitrogen functional groups attached to an aromatic ring is 1. The molecule has 0 spiro atoms. The van der Waals surface area contributed by atoms with Crippen LogP contribution in [0.2, 0.25) is 0 Å². The van der Waals surface area contributed by atoms with Crippen LogP contribution in [0.5, 0.6) is 0 Å². The molecular weight excluding hydrogens is 278 g/mol. The predicted molar refractivity (Wildman–Crippen MR) is 83.8 cm³/mol. The van der Waals surface area contributed by atoms with Crippen LogP contribution in [-0.2, 0) is 6.42 Å². The summed E-state index contributed by atoms with van der Waals surface area (Å²) in [6, 6.07) is 4.03. The molecule has 1 fully saturated rings. The van der Waals surface area contributed by atoms with Crippen LogP contribution in [0.15, 0.2) is 6.07 Å². The lowest BCUT2D eigenvalue weighted by molar-refractivity contribution is 0.0624. The summed E-state index contributed by atoms with van der Waals surface area (Å²) in [5.74, 6) is 0.385. The summed E-state index contributed by atoms with van der Waals surface area (Å²) in [6.45, 7) is 7.15. The van der Waals surface area contributed by atoms with Crippen LogP contribution in [0.3, 0.4) is 0 Å². The van der Waals surface area contributed by atoms with Crippen molar-refractivity contribution < 1.29 is 4.79 Å². The molecule has 0 bridgehead atoms. The van der Waals surface area contributed by atoms with Crippen LogP contribution in [0, 0.1) is 22.7 Å². The Hall–Kier alpha value is -2.16. The standard InChI is InChI=1S/C16H23N5O/c1-11(2)7-12-8-13(20-15(18)19-12)14(22)21-6-4-5-16(3,9-17)10-21/h8,11H,4-7,10H2,1-3H3,(H2,18,19,20)/t16-/m0/s1. The largest absolute Gasteiger partial charge is 0.368 e. The van der Waals surface area contributed by atoms with E-state index in [0.717, 1.165) is 25.0 Å². The molecule has 1 saturated heterocycles. The van der Waals surface area contributed by atoms with Crippen LogP contribution in [0.1, 0.15) is 49.8 Å². The Labute approximate surface area is 131 Å². The maximum atomic E-state index is 12.7. The normalized spacial score (nSPS) is 21.7. The van der Waals surface area contributed by atoms with E-state index in [-0.39, 0.29) is 11.9 Å². The molecule has 1 aromatic rings.